The molecule has 0 amide bonds. The largest absolute Gasteiger partial charge is 0.456 e. The number of hydrogen-bond donors (Lipinski definition) is 3. The first-order chi connectivity index (χ1) is 17.3. The highest BCUT2D eigenvalue weighted by molar-refractivity contribution is 7.09. The molecule has 2 aliphatic rings. The van der Waals surface area contributed by atoms with E-state index < -0.39 is 35.6 Å². The number of fused-ring (bicyclic) bond motifs is 1. The summed E-state index contributed by atoms with van der Waals surface area (Å²) in [6, 6.07) is 0. The second kappa shape index (κ2) is 12.2. The first kappa shape index (κ1) is 30.2. The Morgan fingerprint density at radius 1 is 1.32 bits per heavy atom. The predicted molar refractivity (Wildman–Crippen MR) is 144 cm³/mol. The van der Waals surface area contributed by atoms with Gasteiger partial charge in [0.05, 0.1) is 46.5 Å². The number of aromatic nitrogens is 1. The van der Waals surface area contributed by atoms with Crippen LogP contribution in [-0.2, 0) is 25.6 Å². The van der Waals surface area contributed by atoms with Crippen LogP contribution < -0.4 is 5.73 Å². The monoisotopic (exact) mass is 556 g/mol. The number of hydrogen-bond acceptors (Lipinski definition) is 9. The van der Waals surface area contributed by atoms with E-state index in [1.54, 1.807) is 19.9 Å². The lowest BCUT2D eigenvalue weighted by atomic mass is 9.71. The van der Waals surface area contributed by atoms with Gasteiger partial charge < -0.3 is 25.4 Å². The van der Waals surface area contributed by atoms with Crippen LogP contribution in [0.3, 0.4) is 0 Å². The molecule has 0 bridgehead atoms. The van der Waals surface area contributed by atoms with Crippen LogP contribution in [0, 0.1) is 17.3 Å². The van der Waals surface area contributed by atoms with E-state index in [0.29, 0.717) is 30.1 Å². The average Bonchev–Trinajstić information content (AvgIpc) is 3.24. The van der Waals surface area contributed by atoms with Crippen molar-refractivity contribution in [3.8, 4) is 0 Å². The lowest BCUT2D eigenvalue weighted by molar-refractivity contribution is -0.154. The molecular formula is C27H41ClN2O6S. The maximum atomic E-state index is 13.4. The molecule has 3 rings (SSSR count). The number of ether oxygens (including phenoxy) is 2. The van der Waals surface area contributed by atoms with Crippen LogP contribution in [0.4, 0.5) is 0 Å². The van der Waals surface area contributed by atoms with Gasteiger partial charge in [0.25, 0.3) is 0 Å². The summed E-state index contributed by atoms with van der Waals surface area (Å²) in [6.07, 6.45) is 1.37. The number of rotatable bonds is 4. The molecule has 0 aliphatic carbocycles. The topological polar surface area (TPSA) is 135 Å². The zero-order chi connectivity index (χ0) is 27.5. The van der Waals surface area contributed by atoms with Crippen molar-refractivity contribution < 1.29 is 29.3 Å². The number of esters is 1. The fraction of sp³-hybridized carbons (Fsp3) is 0.741. The van der Waals surface area contributed by atoms with Gasteiger partial charge >= 0.3 is 5.97 Å². The molecule has 0 saturated carbocycles. The van der Waals surface area contributed by atoms with Crippen molar-refractivity contribution in [3.63, 3.8) is 0 Å². The molecule has 8 nitrogen and oxygen atoms in total. The summed E-state index contributed by atoms with van der Waals surface area (Å²) in [4.78, 5) is 30.8. The summed E-state index contributed by atoms with van der Waals surface area (Å²) >= 11 is 8.07. The molecule has 2 aliphatic heterocycles. The fourth-order valence-electron chi connectivity index (χ4n) is 5.13. The van der Waals surface area contributed by atoms with Crippen molar-refractivity contribution >= 4 is 40.8 Å². The summed E-state index contributed by atoms with van der Waals surface area (Å²) < 4.78 is 11.8. The van der Waals surface area contributed by atoms with Crippen molar-refractivity contribution in [1.29, 1.82) is 0 Å². The molecule has 2 fully saturated rings. The van der Waals surface area contributed by atoms with E-state index in [4.69, 9.17) is 26.8 Å². The van der Waals surface area contributed by atoms with Gasteiger partial charge in [-0.15, -0.1) is 11.3 Å². The van der Waals surface area contributed by atoms with E-state index in [0.717, 1.165) is 24.3 Å². The molecule has 0 aromatic carbocycles. The van der Waals surface area contributed by atoms with E-state index in [2.05, 4.69) is 4.98 Å². The molecule has 0 radical (unpaired) electrons. The van der Waals surface area contributed by atoms with Crippen LogP contribution in [0.5, 0.6) is 0 Å². The number of carbonyl (C=O) groups is 2. The van der Waals surface area contributed by atoms with Gasteiger partial charge in [-0.3, -0.25) is 9.59 Å². The number of nitrogens with zero attached hydrogens (tertiary/aromatic N) is 1. The Bertz CT molecular complexity index is 997. The number of thiazole rings is 1. The number of ketones is 1. The van der Waals surface area contributed by atoms with Crippen molar-refractivity contribution in [2.45, 2.75) is 110 Å². The Kier molecular flexibility index (Phi) is 9.97. The van der Waals surface area contributed by atoms with Gasteiger partial charge in [0.1, 0.15) is 16.9 Å². The van der Waals surface area contributed by atoms with E-state index in [-0.39, 0.29) is 29.8 Å². The highest BCUT2D eigenvalue weighted by Gasteiger charge is 2.53. The molecule has 3 heterocycles. The number of aliphatic hydroxyl groups excluding tert-OH is 2. The zero-order valence-corrected chi connectivity index (χ0v) is 24.0. The van der Waals surface area contributed by atoms with Gasteiger partial charge in [-0.2, -0.15) is 0 Å². The third kappa shape index (κ3) is 7.19. The molecule has 10 heteroatoms. The van der Waals surface area contributed by atoms with Crippen LogP contribution in [0.15, 0.2) is 10.4 Å². The molecule has 4 N–H and O–H groups in total. The van der Waals surface area contributed by atoms with Crippen LogP contribution in [0.2, 0.25) is 0 Å². The number of halogens is 1. The van der Waals surface area contributed by atoms with Crippen molar-refractivity contribution in [2.75, 3.05) is 0 Å². The molecule has 7 atom stereocenters. The van der Waals surface area contributed by atoms with Crippen LogP contribution in [0.1, 0.15) is 83.8 Å². The fourth-order valence-corrected chi connectivity index (χ4v) is 6.00. The number of aliphatic hydroxyl groups is 2. The molecule has 1 aromatic rings. The van der Waals surface area contributed by atoms with Gasteiger partial charge in [-0.25, -0.2) is 4.98 Å². The van der Waals surface area contributed by atoms with Crippen molar-refractivity contribution in [3.05, 3.63) is 21.1 Å². The minimum atomic E-state index is -1.28. The number of nitrogens with two attached hydrogens (primary N) is 1. The molecule has 0 unspecified atom stereocenters. The maximum absolute atomic E-state index is 13.4. The molecule has 37 heavy (non-hydrogen) atoms. The van der Waals surface area contributed by atoms with E-state index in [1.165, 1.54) is 11.3 Å². The first-order valence-electron chi connectivity index (χ1n) is 13.1. The third-order valence-corrected chi connectivity index (χ3v) is 9.25. The highest BCUT2D eigenvalue weighted by atomic mass is 35.5. The Balaban J connectivity index is 1.87. The van der Waals surface area contributed by atoms with E-state index in [9.17, 15) is 19.8 Å². The zero-order valence-electron chi connectivity index (χ0n) is 22.4. The van der Waals surface area contributed by atoms with Crippen molar-refractivity contribution in [2.24, 2.45) is 23.0 Å². The van der Waals surface area contributed by atoms with Gasteiger partial charge in [0, 0.05) is 24.3 Å². The van der Waals surface area contributed by atoms with Gasteiger partial charge in [0.15, 0.2) is 0 Å². The van der Waals surface area contributed by atoms with Crippen molar-refractivity contribution in [1.82, 2.24) is 4.98 Å². The summed E-state index contributed by atoms with van der Waals surface area (Å²) in [5.74, 6) is -1.65. The summed E-state index contributed by atoms with van der Waals surface area (Å²) in [6.45, 7) is 9.38. The highest BCUT2D eigenvalue weighted by Crippen LogP contribution is 2.45. The number of Topliss-reactive ketones (excluding diaryl/α,β-unsaturated/α-hetero) is 1. The van der Waals surface area contributed by atoms with Crippen LogP contribution >= 0.6 is 22.9 Å². The maximum Gasteiger partial charge on any atom is 0.309 e. The molecule has 1 aromatic heterocycles. The van der Waals surface area contributed by atoms with E-state index in [1.807, 2.05) is 26.2 Å². The number of carbonyl (C=O) groups excluding carboxylic acids is 2. The Hall–Kier alpha value is -1.36. The summed E-state index contributed by atoms with van der Waals surface area (Å²) in [5.41, 5.74) is 4.67. The summed E-state index contributed by atoms with van der Waals surface area (Å²) in [7, 11) is 0. The van der Waals surface area contributed by atoms with Crippen LogP contribution in [-0.4, -0.2) is 57.0 Å². The number of cyclic esters (lactones) is 1. The molecule has 208 valence electrons. The smallest absolute Gasteiger partial charge is 0.309 e. The summed E-state index contributed by atoms with van der Waals surface area (Å²) in [5, 5.41) is 24.9. The third-order valence-electron chi connectivity index (χ3n) is 8.01. The average molecular weight is 557 g/mol. The Labute approximate surface area is 228 Å². The minimum absolute atomic E-state index is 0.0952. The standard InChI is InChI=1S/C27H41ClN2O6S/c1-6-17-24(33)15(2)8-7-9-27(5)21(36-27)11-19(18(28)10-16-14-37-22(13-29)30-16)35-23(32)12-20(31)26(3,4)25(17)34/h10,14-15,17,19-21,24,31,33H,6-9,11-13,29H2,1-5H3/b18-10-/t15-,17+,19-,20-,21-,24-,27+/m0/s1. The van der Waals surface area contributed by atoms with E-state index >= 15 is 0 Å². The van der Waals surface area contributed by atoms with Crippen LogP contribution in [0.25, 0.3) is 6.08 Å². The minimum Gasteiger partial charge on any atom is -0.456 e. The number of epoxide rings is 1. The lowest BCUT2D eigenvalue weighted by Gasteiger charge is -2.35. The van der Waals surface area contributed by atoms with Gasteiger partial charge in [-0.1, -0.05) is 45.7 Å². The quantitative estimate of drug-likeness (QED) is 0.371. The lowest BCUT2D eigenvalue weighted by Crippen LogP contribution is -2.46. The Morgan fingerprint density at radius 2 is 2.03 bits per heavy atom. The van der Waals surface area contributed by atoms with Gasteiger partial charge in [-0.05, 0) is 38.2 Å². The predicted octanol–water partition coefficient (Wildman–Crippen LogP) is 4.19. The van der Waals surface area contributed by atoms with Gasteiger partial charge in [0.2, 0.25) is 0 Å². The second-order valence-corrected chi connectivity index (χ2v) is 12.6. The SMILES string of the molecule is CC[C@H]1C(=O)C(C)(C)[C@@H](O)CC(=O)O[C@H](/C(Cl)=C/c2csc(CN)n2)C[C@@H]2O[C@]2(C)CCC[C@H](C)[C@@H]1O. The molecule has 0 spiro atoms. The second-order valence-electron chi connectivity index (χ2n) is 11.2. The molecule has 2 saturated heterocycles. The first-order valence-corrected chi connectivity index (χ1v) is 14.4. The normalized spacial score (nSPS) is 36.1. The Morgan fingerprint density at radius 3 is 2.65 bits per heavy atom. The molecular weight excluding hydrogens is 516 g/mol.